The molecule has 0 saturated heterocycles. The van der Waals surface area contributed by atoms with Crippen LogP contribution in [0.15, 0.2) is 0 Å². The van der Waals surface area contributed by atoms with Crippen molar-refractivity contribution < 1.29 is 53.7 Å². The maximum Gasteiger partial charge on any atom is 0.335 e. The lowest BCUT2D eigenvalue weighted by atomic mass is 10.0. The summed E-state index contributed by atoms with van der Waals surface area (Å²) in [5.74, 6) is 14.7. The van der Waals surface area contributed by atoms with Crippen LogP contribution in [0.3, 0.4) is 0 Å². The third-order valence-corrected chi connectivity index (χ3v) is 2.21. The fourth-order valence-electron chi connectivity index (χ4n) is 1.07. The molecule has 0 aliphatic rings. The number of carboxylic acid groups (broad SMARTS) is 1. The van der Waals surface area contributed by atoms with Crippen LogP contribution in [0.4, 0.5) is 0 Å². The van der Waals surface area contributed by atoms with Crippen molar-refractivity contribution in [1.82, 2.24) is 5.32 Å². The van der Waals surface area contributed by atoms with Gasteiger partial charge in [-0.3, -0.25) is 10.1 Å². The smallest absolute Gasteiger partial charge is 0.335 e. The standard InChI is InChI=1S/C16H11NO7.CH5N.9H2/c1-2-3-4-5-6-7-8-9-10-17-15(22)13(20)11(18)12(19)14(21)16(23)24;1-2;;;;;;;;;/h1,11-14,18-21H,(H,17,22)(H,23,24);2H2,1H3;9*1H/p+1/t11-,12-,13+,14-;;;;;;;;;;/m1........../s1. The summed E-state index contributed by atoms with van der Waals surface area (Å²) in [5, 5.41) is 47.4. The van der Waals surface area contributed by atoms with E-state index in [2.05, 4.69) is 47.2 Å². The highest BCUT2D eigenvalue weighted by atomic mass is 16.4. The van der Waals surface area contributed by atoms with Gasteiger partial charge >= 0.3 is 5.97 Å². The van der Waals surface area contributed by atoms with Crippen LogP contribution >= 0.6 is 0 Å². The quantitative estimate of drug-likeness (QED) is 0.201. The molecular weight excluding hydrogens is 344 g/mol. The monoisotopic (exact) mass is 379 g/mol. The van der Waals surface area contributed by atoms with Crippen LogP contribution in [0.5, 0.6) is 0 Å². The number of carboxylic acids is 1. The molecule has 0 aromatic rings. The van der Waals surface area contributed by atoms with Crippen LogP contribution in [0, 0.1) is 59.8 Å². The van der Waals surface area contributed by atoms with E-state index in [-0.39, 0.29) is 12.8 Å². The number of aliphatic hydroxyl groups excluding tert-OH is 4. The van der Waals surface area contributed by atoms with Crippen LogP contribution in [-0.4, -0.2) is 68.9 Å². The summed E-state index contributed by atoms with van der Waals surface area (Å²) < 4.78 is 0. The highest BCUT2D eigenvalue weighted by Crippen LogP contribution is 2.05. The van der Waals surface area contributed by atoms with Crippen molar-refractivity contribution in [2.24, 2.45) is 0 Å². The summed E-state index contributed by atoms with van der Waals surface area (Å²) in [5.41, 5.74) is 3.25. The van der Waals surface area contributed by atoms with Gasteiger partial charge in [-0.15, -0.1) is 6.42 Å². The average Bonchev–Trinajstić information content (AvgIpc) is 2.65. The molecule has 0 aromatic heterocycles. The summed E-state index contributed by atoms with van der Waals surface area (Å²) in [6, 6.07) is 2.02. The first kappa shape index (κ1) is 24.8. The lowest BCUT2D eigenvalue weighted by molar-refractivity contribution is -0.325. The van der Waals surface area contributed by atoms with Gasteiger partial charge in [-0.2, -0.15) is 0 Å². The molecule has 9 heteroatoms. The van der Waals surface area contributed by atoms with Crippen molar-refractivity contribution in [1.29, 1.82) is 0 Å². The Bertz CT molecular complexity index is 798. The number of aliphatic carboxylic acids is 1. The van der Waals surface area contributed by atoms with Gasteiger partial charge in [-0.25, -0.2) is 4.79 Å². The Hall–Kier alpha value is -3.46. The van der Waals surface area contributed by atoms with Gasteiger partial charge in [0.1, 0.15) is 12.2 Å². The Labute approximate surface area is 163 Å². The molecule has 4 atom stereocenters. The van der Waals surface area contributed by atoms with Gasteiger partial charge in [0, 0.05) is 42.6 Å². The van der Waals surface area contributed by atoms with E-state index >= 15 is 0 Å². The largest absolute Gasteiger partial charge is 0.479 e. The molecule has 0 rings (SSSR count). The molecule has 0 bridgehead atoms. The number of aliphatic hydroxyl groups is 4. The lowest BCUT2D eigenvalue weighted by Gasteiger charge is -2.23. The zero-order valence-corrected chi connectivity index (χ0v) is 13.6. The number of rotatable bonds is 5. The van der Waals surface area contributed by atoms with E-state index in [0.29, 0.717) is 0 Å². The second-order valence-corrected chi connectivity index (χ2v) is 3.84. The van der Waals surface area contributed by atoms with Gasteiger partial charge < -0.3 is 31.3 Å². The van der Waals surface area contributed by atoms with Gasteiger partial charge in [0.15, 0.2) is 12.2 Å². The summed E-state index contributed by atoms with van der Waals surface area (Å²) in [4.78, 5) is 21.8. The second-order valence-electron chi connectivity index (χ2n) is 3.84. The Morgan fingerprint density at radius 2 is 1.31 bits per heavy atom. The molecule has 0 radical (unpaired) electrons. The third kappa shape index (κ3) is 10.3. The number of hydrogen-bond donors (Lipinski definition) is 7. The summed E-state index contributed by atoms with van der Waals surface area (Å²) in [7, 11) is 1.75. The van der Waals surface area contributed by atoms with E-state index in [1.165, 1.54) is 0 Å². The lowest BCUT2D eigenvalue weighted by Crippen LogP contribution is -2.52. The van der Waals surface area contributed by atoms with Crippen LogP contribution in [0.2, 0.25) is 0 Å². The molecule has 0 fully saturated rings. The molecule has 0 unspecified atom stereocenters. The SMILES string of the molecule is C#CC#CC#CC#CC#CNC(=O)[C@@H](O)[C@H](O)[C@@H](O)[C@@H](O)C(=O)O.C[NH3+].[HH].[HH].[HH].[HH].[HH].[HH].[HH].[HH].[HH]. The fraction of sp³-hybridized carbons (Fsp3) is 0.294. The van der Waals surface area contributed by atoms with Gasteiger partial charge in [0.05, 0.1) is 7.05 Å². The van der Waals surface area contributed by atoms with Crippen LogP contribution in [0.25, 0.3) is 0 Å². The van der Waals surface area contributed by atoms with Crippen molar-refractivity contribution >= 4 is 11.9 Å². The van der Waals surface area contributed by atoms with E-state index in [4.69, 9.17) is 16.6 Å². The average molecular weight is 379 g/mol. The zero-order chi connectivity index (χ0) is 20.5. The number of carbonyl (C=O) groups excluding carboxylic acids is 1. The molecule has 0 aliphatic heterocycles. The number of quaternary nitrogens is 1. The van der Waals surface area contributed by atoms with Crippen molar-refractivity contribution in [3.63, 3.8) is 0 Å². The molecule has 0 spiro atoms. The molecule has 154 valence electrons. The minimum absolute atomic E-state index is 0. The van der Waals surface area contributed by atoms with Gasteiger partial charge in [0.2, 0.25) is 0 Å². The minimum atomic E-state index is -2.38. The molecule has 0 heterocycles. The minimum Gasteiger partial charge on any atom is -0.479 e. The van der Waals surface area contributed by atoms with E-state index in [9.17, 15) is 24.9 Å². The van der Waals surface area contributed by atoms with Crippen molar-refractivity contribution in [2.45, 2.75) is 24.4 Å². The molecule has 9 N–H and O–H groups in total. The Morgan fingerprint density at radius 1 is 0.885 bits per heavy atom. The molecule has 9 nitrogen and oxygen atoms in total. The predicted octanol–water partition coefficient (Wildman–Crippen LogP) is -2.69. The first-order valence-electron chi connectivity index (χ1n) is 6.74. The normalized spacial score (nSPS) is 12.3. The third-order valence-electron chi connectivity index (χ3n) is 2.21. The Balaban J connectivity index is -0.0000000566. The molecule has 0 aromatic carbocycles. The van der Waals surface area contributed by atoms with Gasteiger partial charge in [0.25, 0.3) is 5.91 Å². The number of terminal acetylenes is 1. The van der Waals surface area contributed by atoms with Crippen molar-refractivity contribution in [3.05, 3.63) is 0 Å². The van der Waals surface area contributed by atoms with Crippen LogP contribution in [-0.2, 0) is 9.59 Å². The highest BCUT2D eigenvalue weighted by molar-refractivity contribution is 5.83. The Morgan fingerprint density at radius 3 is 1.77 bits per heavy atom. The molecular formula is C17H35N2O7+. The topological polar surface area (TPSA) is 175 Å². The number of amides is 1. The fourth-order valence-corrected chi connectivity index (χ4v) is 1.07. The van der Waals surface area contributed by atoms with E-state index in [0.717, 1.165) is 0 Å². The van der Waals surface area contributed by atoms with Gasteiger partial charge in [-0.1, -0.05) is 0 Å². The first-order valence-corrected chi connectivity index (χ1v) is 6.74. The number of hydrogen-bond acceptors (Lipinski definition) is 6. The van der Waals surface area contributed by atoms with Crippen LogP contribution < -0.4 is 11.1 Å². The second kappa shape index (κ2) is 15.1. The maximum absolute atomic E-state index is 11.4. The molecule has 0 aliphatic carbocycles. The molecule has 0 saturated carbocycles. The van der Waals surface area contributed by atoms with Crippen molar-refractivity contribution in [2.75, 3.05) is 7.05 Å². The van der Waals surface area contributed by atoms with E-state index < -0.39 is 36.3 Å². The van der Waals surface area contributed by atoms with Crippen LogP contribution in [0.1, 0.15) is 12.8 Å². The number of carbonyl (C=O) groups is 2. The maximum atomic E-state index is 11.4. The predicted molar refractivity (Wildman–Crippen MR) is 108 cm³/mol. The highest BCUT2D eigenvalue weighted by Gasteiger charge is 2.37. The summed E-state index contributed by atoms with van der Waals surface area (Å²) in [6.07, 6.45) is -4.29. The number of nitrogens with one attached hydrogen (secondary N) is 1. The van der Waals surface area contributed by atoms with E-state index in [1.807, 2.05) is 17.3 Å². The summed E-state index contributed by atoms with van der Waals surface area (Å²) >= 11 is 0. The molecule has 1 amide bonds. The van der Waals surface area contributed by atoms with Crippen molar-refractivity contribution in [3.8, 4) is 59.8 Å². The van der Waals surface area contributed by atoms with E-state index in [1.54, 1.807) is 7.05 Å². The zero-order valence-electron chi connectivity index (χ0n) is 13.6. The molecule has 26 heavy (non-hydrogen) atoms. The Kier molecular flexibility index (Phi) is 14.4. The summed E-state index contributed by atoms with van der Waals surface area (Å²) in [6.45, 7) is 0. The van der Waals surface area contributed by atoms with Gasteiger partial charge in [-0.05, 0) is 23.7 Å². The first-order chi connectivity index (χ1) is 12.3.